The Labute approximate surface area is 117 Å². The first kappa shape index (κ1) is 14.3. The standard InChI is InChI=1S/C13H21N3O2S/c1-3-11-9-19-13(14-11)16-7-6-15(8-10(16)2)5-4-12(17)18/h9-10H,3-8H2,1-2H3,(H,17,18). The molecule has 0 spiro atoms. The van der Waals surface area contributed by atoms with E-state index in [2.05, 4.69) is 34.0 Å². The largest absolute Gasteiger partial charge is 0.481 e. The second-order valence-electron chi connectivity index (χ2n) is 4.96. The first-order chi connectivity index (χ1) is 9.10. The molecule has 0 amide bonds. The summed E-state index contributed by atoms with van der Waals surface area (Å²) in [7, 11) is 0. The van der Waals surface area contributed by atoms with E-state index in [1.165, 1.54) is 0 Å². The van der Waals surface area contributed by atoms with Crippen molar-refractivity contribution in [2.45, 2.75) is 32.7 Å². The minimum Gasteiger partial charge on any atom is -0.481 e. The Hall–Kier alpha value is -1.14. The highest BCUT2D eigenvalue weighted by Gasteiger charge is 2.25. The molecule has 0 radical (unpaired) electrons. The van der Waals surface area contributed by atoms with Gasteiger partial charge in [-0.25, -0.2) is 4.98 Å². The van der Waals surface area contributed by atoms with Crippen LogP contribution in [0.3, 0.4) is 0 Å². The van der Waals surface area contributed by atoms with E-state index < -0.39 is 5.97 Å². The van der Waals surface area contributed by atoms with Gasteiger partial charge in [-0.3, -0.25) is 9.69 Å². The molecule has 1 fully saturated rings. The smallest absolute Gasteiger partial charge is 0.304 e. The van der Waals surface area contributed by atoms with Gasteiger partial charge in [0, 0.05) is 37.6 Å². The van der Waals surface area contributed by atoms with Gasteiger partial charge in [-0.1, -0.05) is 6.92 Å². The number of thiazole rings is 1. The lowest BCUT2D eigenvalue weighted by Crippen LogP contribution is -2.52. The number of carboxylic acid groups (broad SMARTS) is 1. The van der Waals surface area contributed by atoms with E-state index in [-0.39, 0.29) is 6.42 Å². The molecule has 1 aromatic rings. The molecule has 1 aromatic heterocycles. The number of rotatable bonds is 5. The van der Waals surface area contributed by atoms with Gasteiger partial charge in [0.1, 0.15) is 0 Å². The SMILES string of the molecule is CCc1csc(N2CCN(CCC(=O)O)CC2C)n1. The van der Waals surface area contributed by atoms with E-state index in [0.29, 0.717) is 12.6 Å². The first-order valence-corrected chi connectivity index (χ1v) is 7.63. The second-order valence-corrected chi connectivity index (χ2v) is 5.80. The molecule has 6 heteroatoms. The van der Waals surface area contributed by atoms with E-state index in [4.69, 9.17) is 5.11 Å². The maximum Gasteiger partial charge on any atom is 0.304 e. The van der Waals surface area contributed by atoms with Crippen LogP contribution in [0, 0.1) is 0 Å². The Morgan fingerprint density at radius 3 is 2.95 bits per heavy atom. The Bertz CT molecular complexity index is 435. The molecular formula is C13H21N3O2S. The molecule has 2 heterocycles. The Morgan fingerprint density at radius 1 is 1.58 bits per heavy atom. The van der Waals surface area contributed by atoms with Crippen LogP contribution in [0.1, 0.15) is 26.0 Å². The van der Waals surface area contributed by atoms with Gasteiger partial charge in [-0.2, -0.15) is 0 Å². The van der Waals surface area contributed by atoms with Gasteiger partial charge < -0.3 is 10.0 Å². The van der Waals surface area contributed by atoms with Crippen LogP contribution >= 0.6 is 11.3 Å². The lowest BCUT2D eigenvalue weighted by atomic mass is 10.2. The fourth-order valence-corrected chi connectivity index (χ4v) is 3.40. The van der Waals surface area contributed by atoms with Gasteiger partial charge in [0.15, 0.2) is 5.13 Å². The van der Waals surface area contributed by atoms with Crippen LogP contribution in [-0.4, -0.2) is 53.2 Å². The molecule has 1 aliphatic heterocycles. The number of piperazine rings is 1. The zero-order valence-corrected chi connectivity index (χ0v) is 12.3. The van der Waals surface area contributed by atoms with Crippen molar-refractivity contribution < 1.29 is 9.90 Å². The van der Waals surface area contributed by atoms with E-state index in [9.17, 15) is 4.79 Å². The third-order valence-corrected chi connectivity index (χ3v) is 4.43. The molecular weight excluding hydrogens is 262 g/mol. The second kappa shape index (κ2) is 6.34. The van der Waals surface area contributed by atoms with Crippen LogP contribution in [0.5, 0.6) is 0 Å². The molecule has 1 unspecified atom stereocenters. The predicted octanol–water partition coefficient (Wildman–Crippen LogP) is 1.69. The molecule has 1 aliphatic rings. The zero-order chi connectivity index (χ0) is 13.8. The Morgan fingerprint density at radius 2 is 2.37 bits per heavy atom. The van der Waals surface area contributed by atoms with Crippen LogP contribution in [-0.2, 0) is 11.2 Å². The highest BCUT2D eigenvalue weighted by molar-refractivity contribution is 7.13. The molecule has 0 aromatic carbocycles. The van der Waals surface area contributed by atoms with Gasteiger partial charge in [0.05, 0.1) is 12.1 Å². The molecule has 0 saturated carbocycles. The number of aromatic nitrogens is 1. The van der Waals surface area contributed by atoms with Crippen LogP contribution in [0.2, 0.25) is 0 Å². The van der Waals surface area contributed by atoms with Crippen molar-refractivity contribution in [2.75, 3.05) is 31.1 Å². The minimum atomic E-state index is -0.720. The van der Waals surface area contributed by atoms with Crippen molar-refractivity contribution in [3.05, 3.63) is 11.1 Å². The van der Waals surface area contributed by atoms with Crippen LogP contribution in [0.25, 0.3) is 0 Å². The summed E-state index contributed by atoms with van der Waals surface area (Å²) in [6.45, 7) is 7.70. The number of anilines is 1. The third-order valence-electron chi connectivity index (χ3n) is 3.50. The van der Waals surface area contributed by atoms with E-state index in [1.807, 2.05) is 0 Å². The first-order valence-electron chi connectivity index (χ1n) is 6.75. The maximum atomic E-state index is 10.6. The summed E-state index contributed by atoms with van der Waals surface area (Å²) in [6, 6.07) is 0.387. The Balaban J connectivity index is 1.91. The van der Waals surface area contributed by atoms with E-state index in [0.717, 1.165) is 36.9 Å². The summed E-state index contributed by atoms with van der Waals surface area (Å²) in [4.78, 5) is 19.8. The van der Waals surface area contributed by atoms with Crippen molar-refractivity contribution in [1.29, 1.82) is 0 Å². The van der Waals surface area contributed by atoms with Crippen molar-refractivity contribution >= 4 is 22.4 Å². The highest BCUT2D eigenvalue weighted by atomic mass is 32.1. The summed E-state index contributed by atoms with van der Waals surface area (Å²) < 4.78 is 0. The fourth-order valence-electron chi connectivity index (χ4n) is 2.36. The number of carboxylic acids is 1. The number of nitrogens with zero attached hydrogens (tertiary/aromatic N) is 3. The number of hydrogen-bond acceptors (Lipinski definition) is 5. The quantitative estimate of drug-likeness (QED) is 0.891. The number of aryl methyl sites for hydroxylation is 1. The number of carbonyl (C=O) groups is 1. The average Bonchev–Trinajstić information content (AvgIpc) is 2.85. The molecule has 0 bridgehead atoms. The average molecular weight is 283 g/mol. The summed E-state index contributed by atoms with van der Waals surface area (Å²) in [5, 5.41) is 11.9. The van der Waals surface area contributed by atoms with Crippen molar-refractivity contribution in [2.24, 2.45) is 0 Å². The summed E-state index contributed by atoms with van der Waals surface area (Å²) in [5.41, 5.74) is 1.15. The van der Waals surface area contributed by atoms with Gasteiger partial charge in [0.25, 0.3) is 0 Å². The van der Waals surface area contributed by atoms with Crippen LogP contribution in [0.15, 0.2) is 5.38 Å². The topological polar surface area (TPSA) is 56.7 Å². The van der Waals surface area contributed by atoms with Crippen LogP contribution < -0.4 is 4.90 Å². The normalized spacial score (nSPS) is 20.7. The van der Waals surface area contributed by atoms with E-state index >= 15 is 0 Å². The maximum absolute atomic E-state index is 10.6. The third kappa shape index (κ3) is 3.67. The monoisotopic (exact) mass is 283 g/mol. The van der Waals surface area contributed by atoms with Gasteiger partial charge in [0.2, 0.25) is 0 Å². The molecule has 1 atom stereocenters. The van der Waals surface area contributed by atoms with Gasteiger partial charge >= 0.3 is 5.97 Å². The molecule has 5 nitrogen and oxygen atoms in total. The number of aliphatic carboxylic acids is 1. The van der Waals surface area contributed by atoms with Gasteiger partial charge in [-0.15, -0.1) is 11.3 Å². The predicted molar refractivity (Wildman–Crippen MR) is 77.0 cm³/mol. The summed E-state index contributed by atoms with van der Waals surface area (Å²) in [5.74, 6) is -0.720. The molecule has 1 N–H and O–H groups in total. The molecule has 0 aliphatic carbocycles. The number of hydrogen-bond donors (Lipinski definition) is 1. The van der Waals surface area contributed by atoms with Crippen molar-refractivity contribution in [3.8, 4) is 0 Å². The van der Waals surface area contributed by atoms with E-state index in [1.54, 1.807) is 11.3 Å². The van der Waals surface area contributed by atoms with Gasteiger partial charge in [-0.05, 0) is 13.3 Å². The lowest BCUT2D eigenvalue weighted by molar-refractivity contribution is -0.137. The van der Waals surface area contributed by atoms with Crippen molar-refractivity contribution in [1.82, 2.24) is 9.88 Å². The zero-order valence-electron chi connectivity index (χ0n) is 11.5. The molecule has 2 rings (SSSR count). The Kier molecular flexibility index (Phi) is 4.76. The summed E-state index contributed by atoms with van der Waals surface area (Å²) >= 11 is 1.71. The fraction of sp³-hybridized carbons (Fsp3) is 0.692. The van der Waals surface area contributed by atoms with Crippen LogP contribution in [0.4, 0.5) is 5.13 Å². The molecule has 106 valence electrons. The molecule has 19 heavy (non-hydrogen) atoms. The molecule has 1 saturated heterocycles. The minimum absolute atomic E-state index is 0.226. The summed E-state index contributed by atoms with van der Waals surface area (Å²) in [6.07, 6.45) is 1.20. The van der Waals surface area contributed by atoms with Crippen molar-refractivity contribution in [3.63, 3.8) is 0 Å². The highest BCUT2D eigenvalue weighted by Crippen LogP contribution is 2.25. The lowest BCUT2D eigenvalue weighted by Gasteiger charge is -2.39.